The number of benzene rings is 3. The minimum absolute atomic E-state index is 0.0137. The van der Waals surface area contributed by atoms with Crippen molar-refractivity contribution in [2.45, 2.75) is 96.2 Å². The highest BCUT2D eigenvalue weighted by molar-refractivity contribution is 7.50. The minimum Gasteiger partial charge on any atom is -0.497 e. The number of hydrogen-bond donors (Lipinski definition) is 1. The van der Waals surface area contributed by atoms with Crippen molar-refractivity contribution in [2.75, 3.05) is 61.0 Å². The van der Waals surface area contributed by atoms with E-state index < -0.39 is 62.2 Å². The number of hydrogen-bond acceptors (Lipinski definition) is 13. The van der Waals surface area contributed by atoms with E-state index in [-0.39, 0.29) is 37.1 Å². The van der Waals surface area contributed by atoms with Crippen molar-refractivity contribution in [3.63, 3.8) is 0 Å². The fourth-order valence-corrected chi connectivity index (χ4v) is 10.7. The summed E-state index contributed by atoms with van der Waals surface area (Å²) in [6, 6.07) is 25.1. The number of methoxy groups -OCH3 is 4. The number of nitrogens with zero attached hydrogens (tertiary/aromatic N) is 5. The van der Waals surface area contributed by atoms with Gasteiger partial charge in [-0.15, -0.1) is 0 Å². The zero-order valence-electron chi connectivity index (χ0n) is 39.2. The Bertz CT molecular complexity index is 2050. The summed E-state index contributed by atoms with van der Waals surface area (Å²) >= 11 is 0. The lowest BCUT2D eigenvalue weighted by atomic mass is 9.80. The van der Waals surface area contributed by atoms with Crippen molar-refractivity contribution in [1.29, 1.82) is 0 Å². The average Bonchev–Trinajstić information content (AvgIpc) is 3.88. The summed E-state index contributed by atoms with van der Waals surface area (Å²) in [6.45, 7) is 13.2. The van der Waals surface area contributed by atoms with Crippen molar-refractivity contribution in [1.82, 2.24) is 14.9 Å². The summed E-state index contributed by atoms with van der Waals surface area (Å²) < 4.78 is 53.5. The smallest absolute Gasteiger partial charge is 0.259 e. The summed E-state index contributed by atoms with van der Waals surface area (Å²) in [7, 11) is 5.31. The number of nitrogens with one attached hydrogen (secondary N) is 1. The van der Waals surface area contributed by atoms with Crippen LogP contribution in [-0.2, 0) is 43.4 Å². The molecule has 0 saturated carbocycles. The molecule has 2 amide bonds. The molecule has 0 radical (unpaired) electrons. The molecule has 1 fully saturated rings. The Hall–Kier alpha value is -4.64. The number of rotatable bonds is 23. The van der Waals surface area contributed by atoms with Crippen LogP contribution in [0.25, 0.3) is 0 Å². The minimum atomic E-state index is -1.28. The number of carbonyl (C=O) groups is 2. The van der Waals surface area contributed by atoms with E-state index in [0.717, 1.165) is 23.1 Å². The largest absolute Gasteiger partial charge is 0.497 e. The SMILES string of the molecule is COCCCP(O[C@H]1[C@@H](OCCOC)[C@H](N2C=NC3C(=O)NC(=NC(=O)C(C)C)N=C32)O[C@@H]1COC(c1ccccc1)(c1ccc(OC)cc1)c1ccc(OC)cc1)N(C(C)C)C(C)C. The van der Waals surface area contributed by atoms with Gasteiger partial charge in [0.25, 0.3) is 11.8 Å². The molecule has 0 aromatic heterocycles. The molecule has 0 spiro atoms. The van der Waals surface area contributed by atoms with Crippen LogP contribution < -0.4 is 14.8 Å². The van der Waals surface area contributed by atoms with Gasteiger partial charge in [0, 0.05) is 45.0 Å². The summed E-state index contributed by atoms with van der Waals surface area (Å²) in [6.07, 6.45) is -0.172. The standard InChI is InChI=1S/C48H65N6O10P/c1-31(2)44(55)51-47-50-43-40(45(56)52-47)49-30-53(43)46-42(61-27-26-58-8)41(64-65(28-14-25-57-7)54(32(3)4)33(5)6)39(63-46)29-62-48(34-15-12-11-13-16-34,35-17-21-37(59-9)22-18-35)36-19-23-38(60-10)24-20-36/h11-13,15-24,30-33,39-42,46H,14,25-29H2,1-10H3,(H,51,52,55,56)/t39-,40?,41-,42-,46-,65?/m1/s1. The van der Waals surface area contributed by atoms with Crippen LogP contribution in [0.15, 0.2) is 93.8 Å². The maximum absolute atomic E-state index is 13.5. The number of amides is 2. The number of carbonyl (C=O) groups excluding carboxylic acids is 2. The molecule has 6 rings (SSSR count). The molecule has 17 heteroatoms. The Kier molecular flexibility index (Phi) is 17.8. The van der Waals surface area contributed by atoms with E-state index in [9.17, 15) is 9.59 Å². The van der Waals surface area contributed by atoms with Crippen LogP contribution >= 0.6 is 8.30 Å². The van der Waals surface area contributed by atoms with Gasteiger partial charge < -0.3 is 37.7 Å². The van der Waals surface area contributed by atoms with E-state index in [1.54, 1.807) is 47.2 Å². The van der Waals surface area contributed by atoms with Crippen LogP contribution in [0.5, 0.6) is 11.5 Å². The van der Waals surface area contributed by atoms with Crippen LogP contribution in [0.4, 0.5) is 0 Å². The maximum Gasteiger partial charge on any atom is 0.259 e. The van der Waals surface area contributed by atoms with Gasteiger partial charge in [-0.25, -0.2) is 0 Å². The molecule has 3 aliphatic rings. The van der Waals surface area contributed by atoms with E-state index in [0.29, 0.717) is 30.9 Å². The highest BCUT2D eigenvalue weighted by atomic mass is 31.2. The zero-order chi connectivity index (χ0) is 46.7. The Balaban J connectivity index is 1.50. The Morgan fingerprint density at radius 1 is 0.831 bits per heavy atom. The van der Waals surface area contributed by atoms with Crippen LogP contribution in [0.2, 0.25) is 0 Å². The third-order valence-electron chi connectivity index (χ3n) is 11.3. The summed E-state index contributed by atoms with van der Waals surface area (Å²) in [5.74, 6) is 0.237. The molecule has 3 aliphatic heterocycles. The lowest BCUT2D eigenvalue weighted by molar-refractivity contribution is -0.120. The summed E-state index contributed by atoms with van der Waals surface area (Å²) in [5, 5.41) is 2.64. The Labute approximate surface area is 384 Å². The predicted molar refractivity (Wildman–Crippen MR) is 251 cm³/mol. The molecule has 16 nitrogen and oxygen atoms in total. The topological polar surface area (TPSA) is 164 Å². The van der Waals surface area contributed by atoms with Crippen LogP contribution in [0.3, 0.4) is 0 Å². The first kappa shape index (κ1) is 49.8. The normalized spacial score (nSPS) is 22.0. The van der Waals surface area contributed by atoms with Crippen molar-refractivity contribution in [3.05, 3.63) is 95.6 Å². The van der Waals surface area contributed by atoms with Crippen molar-refractivity contribution < 1.29 is 47.3 Å². The molecule has 3 heterocycles. The van der Waals surface area contributed by atoms with Gasteiger partial charge in [0.1, 0.15) is 43.7 Å². The Morgan fingerprint density at radius 2 is 1.43 bits per heavy atom. The quantitative estimate of drug-likeness (QED) is 0.0634. The van der Waals surface area contributed by atoms with Gasteiger partial charge in [-0.05, 0) is 75.1 Å². The monoisotopic (exact) mass is 916 g/mol. The lowest BCUT2D eigenvalue weighted by Crippen LogP contribution is -2.54. The summed E-state index contributed by atoms with van der Waals surface area (Å²) in [5.41, 5.74) is 1.40. The highest BCUT2D eigenvalue weighted by Gasteiger charge is 2.54. The van der Waals surface area contributed by atoms with Crippen molar-refractivity contribution >= 4 is 38.2 Å². The maximum atomic E-state index is 13.5. The molecule has 1 N–H and O–H groups in total. The molecule has 6 atom stereocenters. The van der Waals surface area contributed by atoms with Crippen LogP contribution in [0.1, 0.15) is 64.7 Å². The number of guanidine groups is 1. The Morgan fingerprint density at radius 3 is 1.98 bits per heavy atom. The third kappa shape index (κ3) is 11.5. The average molecular weight is 917 g/mol. The van der Waals surface area contributed by atoms with Gasteiger partial charge in [-0.3, -0.25) is 29.5 Å². The van der Waals surface area contributed by atoms with E-state index in [1.165, 1.54) is 6.34 Å². The van der Waals surface area contributed by atoms with Crippen LogP contribution in [0, 0.1) is 5.92 Å². The van der Waals surface area contributed by atoms with Gasteiger partial charge in [0.2, 0.25) is 5.96 Å². The van der Waals surface area contributed by atoms with Gasteiger partial charge in [-0.1, -0.05) is 68.4 Å². The highest BCUT2D eigenvalue weighted by Crippen LogP contribution is 2.50. The number of amidine groups is 1. The second-order valence-corrected chi connectivity index (χ2v) is 18.6. The van der Waals surface area contributed by atoms with Crippen molar-refractivity contribution in [2.24, 2.45) is 20.9 Å². The molecule has 1 saturated heterocycles. The summed E-state index contributed by atoms with van der Waals surface area (Å²) in [4.78, 5) is 41.3. The fourth-order valence-electron chi connectivity index (χ4n) is 8.25. The zero-order valence-corrected chi connectivity index (χ0v) is 40.1. The number of aliphatic imine (C=N–C) groups is 3. The second-order valence-electron chi connectivity index (χ2n) is 16.7. The molecule has 0 bridgehead atoms. The molecular weight excluding hydrogens is 852 g/mol. The molecular formula is C48H65N6O10P. The van der Waals surface area contributed by atoms with Gasteiger partial charge in [0.15, 0.2) is 18.1 Å². The third-order valence-corrected chi connectivity index (χ3v) is 13.9. The van der Waals surface area contributed by atoms with Crippen molar-refractivity contribution in [3.8, 4) is 11.5 Å². The van der Waals surface area contributed by atoms with E-state index >= 15 is 0 Å². The van der Waals surface area contributed by atoms with E-state index in [1.807, 2.05) is 78.9 Å². The number of ether oxygens (including phenoxy) is 7. The first-order chi connectivity index (χ1) is 31.4. The fraction of sp³-hybridized carbons (Fsp3) is 0.521. The molecule has 3 aromatic rings. The molecule has 0 aliphatic carbocycles. The molecule has 2 unspecified atom stereocenters. The predicted octanol–water partition coefficient (Wildman–Crippen LogP) is 6.40. The number of fused-ring (bicyclic) bond motifs is 1. The molecule has 65 heavy (non-hydrogen) atoms. The molecule has 3 aromatic carbocycles. The van der Waals surface area contributed by atoms with E-state index in [4.69, 9.17) is 37.7 Å². The molecule has 352 valence electrons. The lowest BCUT2D eigenvalue weighted by Gasteiger charge is -2.40. The van der Waals surface area contributed by atoms with E-state index in [2.05, 4.69) is 52.7 Å². The van der Waals surface area contributed by atoms with Gasteiger partial charge in [-0.2, -0.15) is 9.98 Å². The van der Waals surface area contributed by atoms with Gasteiger partial charge >= 0.3 is 0 Å². The first-order valence-electron chi connectivity index (χ1n) is 22.2. The van der Waals surface area contributed by atoms with Crippen LogP contribution in [-0.4, -0.2) is 143 Å². The second kappa shape index (κ2) is 23.2. The first-order valence-corrected chi connectivity index (χ1v) is 23.6. The van der Waals surface area contributed by atoms with Gasteiger partial charge in [0.05, 0.1) is 40.4 Å².